The van der Waals surface area contributed by atoms with E-state index in [9.17, 15) is 18.0 Å². The molecule has 0 fully saturated rings. The topological polar surface area (TPSA) is 95.6 Å². The molecule has 0 radical (unpaired) electrons. The minimum Gasteiger partial charge on any atom is -0.326 e. The van der Waals surface area contributed by atoms with Crippen molar-refractivity contribution >= 4 is 38.9 Å². The fourth-order valence-corrected chi connectivity index (χ4v) is 4.76. The summed E-state index contributed by atoms with van der Waals surface area (Å²) in [4.78, 5) is 24.1. The molecule has 0 aromatic heterocycles. The maximum absolute atomic E-state index is 13.4. The Morgan fingerprint density at radius 2 is 1.55 bits per heavy atom. The molecule has 0 atom stereocenters. The van der Waals surface area contributed by atoms with Crippen LogP contribution < -0.4 is 14.9 Å². The van der Waals surface area contributed by atoms with Gasteiger partial charge in [-0.3, -0.25) is 13.9 Å². The summed E-state index contributed by atoms with van der Waals surface area (Å²) >= 11 is 0. The van der Waals surface area contributed by atoms with Crippen molar-refractivity contribution in [2.45, 2.75) is 18.7 Å². The Bertz CT molecular complexity index is 1190. The minimum atomic E-state index is -3.93. The van der Waals surface area contributed by atoms with Crippen molar-refractivity contribution in [1.82, 2.24) is 0 Å². The van der Waals surface area contributed by atoms with E-state index in [1.165, 1.54) is 23.4 Å². The van der Waals surface area contributed by atoms with Gasteiger partial charge in [0.2, 0.25) is 5.91 Å². The molecule has 2 amide bonds. The lowest BCUT2D eigenvalue weighted by Crippen LogP contribution is -2.31. The van der Waals surface area contributed by atoms with Crippen LogP contribution in [0.15, 0.2) is 83.8 Å². The van der Waals surface area contributed by atoms with E-state index in [1.807, 2.05) is 6.07 Å². The van der Waals surface area contributed by atoms with Gasteiger partial charge in [0.15, 0.2) is 0 Å². The van der Waals surface area contributed by atoms with Crippen LogP contribution in [0.2, 0.25) is 0 Å². The third-order valence-corrected chi connectivity index (χ3v) is 6.44. The van der Waals surface area contributed by atoms with E-state index in [0.717, 1.165) is 0 Å². The van der Waals surface area contributed by atoms with E-state index in [4.69, 9.17) is 0 Å². The van der Waals surface area contributed by atoms with Gasteiger partial charge in [-0.2, -0.15) is 0 Å². The number of nitrogens with zero attached hydrogens (tertiary/aromatic N) is 1. The van der Waals surface area contributed by atoms with Crippen LogP contribution in [0.5, 0.6) is 0 Å². The van der Waals surface area contributed by atoms with Crippen LogP contribution in [0.4, 0.5) is 17.1 Å². The van der Waals surface area contributed by atoms with Crippen molar-refractivity contribution < 1.29 is 18.0 Å². The first-order valence-corrected chi connectivity index (χ1v) is 11.1. The Morgan fingerprint density at radius 1 is 0.871 bits per heavy atom. The lowest BCUT2D eigenvalue weighted by atomic mass is 10.2. The highest BCUT2D eigenvalue weighted by Gasteiger charge is 2.27. The zero-order chi connectivity index (χ0) is 22.4. The van der Waals surface area contributed by atoms with Crippen molar-refractivity contribution in [3.8, 4) is 0 Å². The van der Waals surface area contributed by atoms with Crippen LogP contribution in [0, 0.1) is 0 Å². The van der Waals surface area contributed by atoms with Crippen LogP contribution in [0.1, 0.15) is 24.2 Å². The molecule has 31 heavy (non-hydrogen) atoms. The lowest BCUT2D eigenvalue weighted by Gasteiger charge is -2.24. The van der Waals surface area contributed by atoms with E-state index in [1.54, 1.807) is 67.6 Å². The average Bonchev–Trinajstić information content (AvgIpc) is 2.75. The lowest BCUT2D eigenvalue weighted by molar-refractivity contribution is -0.114. The molecule has 3 aromatic carbocycles. The van der Waals surface area contributed by atoms with Gasteiger partial charge >= 0.3 is 0 Å². The highest BCUT2D eigenvalue weighted by atomic mass is 32.2. The number of anilines is 3. The van der Waals surface area contributed by atoms with Crippen LogP contribution >= 0.6 is 0 Å². The second-order valence-electron chi connectivity index (χ2n) is 6.72. The maximum atomic E-state index is 13.4. The number of sulfonamides is 1. The van der Waals surface area contributed by atoms with Gasteiger partial charge in [0.1, 0.15) is 4.90 Å². The zero-order valence-corrected chi connectivity index (χ0v) is 18.0. The Labute approximate surface area is 181 Å². The third-order valence-electron chi connectivity index (χ3n) is 4.48. The summed E-state index contributed by atoms with van der Waals surface area (Å²) in [6, 6.07) is 21.5. The minimum absolute atomic E-state index is 0.00734. The molecule has 3 aromatic rings. The van der Waals surface area contributed by atoms with Gasteiger partial charge in [-0.25, -0.2) is 8.42 Å². The summed E-state index contributed by atoms with van der Waals surface area (Å²) in [5, 5.41) is 5.31. The number of hydrogen-bond acceptors (Lipinski definition) is 4. The SMILES string of the molecule is CCN(c1ccccc1)S(=O)(=O)c1ccccc1NC(=O)c1cccc(NC(C)=O)c1. The molecule has 7 nitrogen and oxygen atoms in total. The second-order valence-corrected chi connectivity index (χ2v) is 8.55. The van der Waals surface area contributed by atoms with Gasteiger partial charge in [-0.1, -0.05) is 36.4 Å². The van der Waals surface area contributed by atoms with E-state index in [-0.39, 0.29) is 28.6 Å². The van der Waals surface area contributed by atoms with Crippen molar-refractivity contribution in [2.24, 2.45) is 0 Å². The highest BCUT2D eigenvalue weighted by molar-refractivity contribution is 7.93. The van der Waals surface area contributed by atoms with E-state index < -0.39 is 15.9 Å². The Balaban J connectivity index is 1.93. The largest absolute Gasteiger partial charge is 0.326 e. The smallest absolute Gasteiger partial charge is 0.266 e. The molecule has 0 saturated heterocycles. The summed E-state index contributed by atoms with van der Waals surface area (Å²) in [7, 11) is -3.93. The zero-order valence-electron chi connectivity index (χ0n) is 17.2. The summed E-state index contributed by atoms with van der Waals surface area (Å²) in [5.41, 5.74) is 1.47. The van der Waals surface area contributed by atoms with Crippen molar-refractivity contribution in [2.75, 3.05) is 21.5 Å². The molecular formula is C23H23N3O4S. The summed E-state index contributed by atoms with van der Waals surface area (Å²) in [6.45, 7) is 3.35. The average molecular weight is 438 g/mol. The van der Waals surface area contributed by atoms with Gasteiger partial charge in [0.25, 0.3) is 15.9 Å². The Morgan fingerprint density at radius 3 is 2.23 bits per heavy atom. The first kappa shape index (κ1) is 22.0. The molecule has 0 aliphatic carbocycles. The summed E-state index contributed by atoms with van der Waals surface area (Å²) in [5.74, 6) is -0.743. The maximum Gasteiger partial charge on any atom is 0.266 e. The molecule has 0 heterocycles. The van der Waals surface area contributed by atoms with Crippen LogP contribution in [0.3, 0.4) is 0 Å². The van der Waals surface area contributed by atoms with Crippen molar-refractivity contribution in [1.29, 1.82) is 0 Å². The molecule has 0 saturated carbocycles. The standard InChI is InChI=1S/C23H23N3O4S/c1-3-26(20-12-5-4-6-13-20)31(29,30)22-15-8-7-14-21(22)25-23(28)18-10-9-11-19(16-18)24-17(2)27/h4-16H,3H2,1-2H3,(H,24,27)(H,25,28). The predicted molar refractivity (Wildman–Crippen MR) is 122 cm³/mol. The summed E-state index contributed by atoms with van der Waals surface area (Å²) in [6.07, 6.45) is 0. The normalized spacial score (nSPS) is 10.9. The molecule has 8 heteroatoms. The van der Waals surface area contributed by atoms with Gasteiger partial charge in [-0.05, 0) is 49.4 Å². The number of hydrogen-bond donors (Lipinski definition) is 2. The van der Waals surface area contributed by atoms with Gasteiger partial charge < -0.3 is 10.6 Å². The van der Waals surface area contributed by atoms with Crippen molar-refractivity contribution in [3.05, 3.63) is 84.4 Å². The molecule has 0 bridgehead atoms. The fraction of sp³-hybridized carbons (Fsp3) is 0.130. The molecular weight excluding hydrogens is 414 g/mol. The van der Waals surface area contributed by atoms with E-state index in [2.05, 4.69) is 10.6 Å². The first-order valence-electron chi connectivity index (χ1n) is 9.68. The van der Waals surface area contributed by atoms with E-state index in [0.29, 0.717) is 11.4 Å². The number of nitrogens with one attached hydrogen (secondary N) is 2. The number of carbonyl (C=O) groups is 2. The number of benzene rings is 3. The van der Waals surface area contributed by atoms with Crippen LogP contribution in [-0.4, -0.2) is 26.8 Å². The Kier molecular flexibility index (Phi) is 6.71. The number of carbonyl (C=O) groups excluding carboxylic acids is 2. The molecule has 0 spiro atoms. The number of rotatable bonds is 7. The number of para-hydroxylation sites is 2. The van der Waals surface area contributed by atoms with Gasteiger partial charge in [0.05, 0.1) is 11.4 Å². The van der Waals surface area contributed by atoms with Gasteiger partial charge in [0, 0.05) is 24.7 Å². The Hall–Kier alpha value is -3.65. The summed E-state index contributed by atoms with van der Waals surface area (Å²) < 4.78 is 28.1. The molecule has 2 N–H and O–H groups in total. The quantitative estimate of drug-likeness (QED) is 0.581. The van der Waals surface area contributed by atoms with Crippen LogP contribution in [-0.2, 0) is 14.8 Å². The molecule has 160 valence electrons. The number of amides is 2. The van der Waals surface area contributed by atoms with Crippen LogP contribution in [0.25, 0.3) is 0 Å². The third kappa shape index (κ3) is 5.10. The molecule has 0 aliphatic heterocycles. The van der Waals surface area contributed by atoms with E-state index >= 15 is 0 Å². The molecule has 0 unspecified atom stereocenters. The first-order chi connectivity index (χ1) is 14.8. The van der Waals surface area contributed by atoms with Gasteiger partial charge in [-0.15, -0.1) is 0 Å². The highest BCUT2D eigenvalue weighted by Crippen LogP contribution is 2.28. The molecule has 0 aliphatic rings. The van der Waals surface area contributed by atoms with Crippen molar-refractivity contribution in [3.63, 3.8) is 0 Å². The monoisotopic (exact) mass is 437 g/mol. The molecule has 3 rings (SSSR count). The fourth-order valence-electron chi connectivity index (χ4n) is 3.14. The second kappa shape index (κ2) is 9.44. The predicted octanol–water partition coefficient (Wildman–Crippen LogP) is 4.11.